The average Bonchev–Trinajstić information content (AvgIpc) is 2.66. The van der Waals surface area contributed by atoms with Crippen LogP contribution in [0.1, 0.15) is 34.2 Å². The van der Waals surface area contributed by atoms with Crippen LogP contribution in [0.15, 0.2) is 48.7 Å². The third-order valence-corrected chi connectivity index (χ3v) is 4.18. The summed E-state index contributed by atoms with van der Waals surface area (Å²) < 4.78 is 0. The molecule has 1 aromatic carbocycles. The van der Waals surface area contributed by atoms with Gasteiger partial charge in [-0.05, 0) is 36.6 Å². The molecular weight excluding hydrogens is 326 g/mol. The van der Waals surface area contributed by atoms with Crippen LogP contribution in [0.25, 0.3) is 11.3 Å². The van der Waals surface area contributed by atoms with Gasteiger partial charge in [-0.15, -0.1) is 0 Å². The number of rotatable bonds is 5. The lowest BCUT2D eigenvalue weighted by atomic mass is 10.0. The van der Waals surface area contributed by atoms with Gasteiger partial charge < -0.3 is 11.1 Å². The highest BCUT2D eigenvalue weighted by Gasteiger charge is 2.14. The number of hydrogen-bond donors (Lipinski definition) is 2. The van der Waals surface area contributed by atoms with E-state index in [1.807, 2.05) is 43.3 Å². The lowest BCUT2D eigenvalue weighted by Gasteiger charge is -2.10. The van der Waals surface area contributed by atoms with E-state index in [1.54, 1.807) is 12.3 Å². The molecule has 2 heterocycles. The standard InChI is InChI=1S/C20H21N5O/c1-3-14-8-4-5-9-15(14)16-11-17(25-20(21)24-16)19(26)23-12-18-13(2)7-6-10-22-18/h4-11H,3,12H2,1-2H3,(H,23,26)(H2,21,24,25). The molecule has 6 nitrogen and oxygen atoms in total. The summed E-state index contributed by atoms with van der Waals surface area (Å²) in [5.74, 6) is -0.230. The maximum Gasteiger partial charge on any atom is 0.270 e. The van der Waals surface area contributed by atoms with Crippen molar-refractivity contribution in [3.05, 3.63) is 71.2 Å². The van der Waals surface area contributed by atoms with Crippen molar-refractivity contribution < 1.29 is 4.79 Å². The minimum atomic E-state index is -0.306. The van der Waals surface area contributed by atoms with Crippen LogP contribution in [0, 0.1) is 6.92 Å². The summed E-state index contributed by atoms with van der Waals surface area (Å²) >= 11 is 0. The van der Waals surface area contributed by atoms with E-state index in [2.05, 4.69) is 27.2 Å². The van der Waals surface area contributed by atoms with Crippen LogP contribution in [-0.2, 0) is 13.0 Å². The van der Waals surface area contributed by atoms with Crippen molar-refractivity contribution in [2.24, 2.45) is 0 Å². The number of nitrogens with zero attached hydrogens (tertiary/aromatic N) is 3. The number of aryl methyl sites for hydroxylation is 2. The highest BCUT2D eigenvalue weighted by molar-refractivity contribution is 5.93. The highest BCUT2D eigenvalue weighted by atomic mass is 16.1. The Hall–Kier alpha value is -3.28. The lowest BCUT2D eigenvalue weighted by molar-refractivity contribution is 0.0945. The molecule has 0 aliphatic carbocycles. The molecule has 0 spiro atoms. The predicted molar refractivity (Wildman–Crippen MR) is 101 cm³/mol. The zero-order chi connectivity index (χ0) is 18.5. The Balaban J connectivity index is 1.85. The number of amides is 1. The first kappa shape index (κ1) is 17.5. The maximum absolute atomic E-state index is 12.5. The molecule has 0 saturated carbocycles. The Morgan fingerprint density at radius 1 is 1.15 bits per heavy atom. The van der Waals surface area contributed by atoms with Gasteiger partial charge >= 0.3 is 0 Å². The van der Waals surface area contributed by atoms with Crippen LogP contribution in [0.3, 0.4) is 0 Å². The molecule has 6 heteroatoms. The molecule has 3 aromatic rings. The van der Waals surface area contributed by atoms with Gasteiger partial charge in [0, 0.05) is 11.8 Å². The van der Waals surface area contributed by atoms with Crippen LogP contribution >= 0.6 is 0 Å². The highest BCUT2D eigenvalue weighted by Crippen LogP contribution is 2.23. The van der Waals surface area contributed by atoms with Gasteiger partial charge in [0.2, 0.25) is 5.95 Å². The topological polar surface area (TPSA) is 93.8 Å². The summed E-state index contributed by atoms with van der Waals surface area (Å²) in [5.41, 5.74) is 10.7. The second-order valence-electron chi connectivity index (χ2n) is 5.96. The molecule has 0 fully saturated rings. The van der Waals surface area contributed by atoms with E-state index in [9.17, 15) is 4.79 Å². The van der Waals surface area contributed by atoms with E-state index in [0.717, 1.165) is 28.8 Å². The monoisotopic (exact) mass is 347 g/mol. The van der Waals surface area contributed by atoms with Crippen molar-refractivity contribution in [2.45, 2.75) is 26.8 Å². The molecule has 0 aliphatic rings. The second-order valence-corrected chi connectivity index (χ2v) is 5.96. The minimum Gasteiger partial charge on any atom is -0.368 e. The van der Waals surface area contributed by atoms with Crippen molar-refractivity contribution in [2.75, 3.05) is 5.73 Å². The van der Waals surface area contributed by atoms with Crippen LogP contribution in [-0.4, -0.2) is 20.9 Å². The van der Waals surface area contributed by atoms with E-state index in [1.165, 1.54) is 0 Å². The lowest BCUT2D eigenvalue weighted by Crippen LogP contribution is -2.25. The smallest absolute Gasteiger partial charge is 0.270 e. The molecule has 0 bridgehead atoms. The third-order valence-electron chi connectivity index (χ3n) is 4.18. The van der Waals surface area contributed by atoms with Crippen LogP contribution < -0.4 is 11.1 Å². The Labute approximate surface area is 152 Å². The largest absolute Gasteiger partial charge is 0.368 e. The van der Waals surface area contributed by atoms with Gasteiger partial charge in [0.1, 0.15) is 5.69 Å². The van der Waals surface area contributed by atoms with E-state index >= 15 is 0 Å². The molecular formula is C20H21N5O. The van der Waals surface area contributed by atoms with Crippen molar-refractivity contribution >= 4 is 11.9 Å². The molecule has 3 N–H and O–H groups in total. The average molecular weight is 347 g/mol. The van der Waals surface area contributed by atoms with Crippen molar-refractivity contribution in [3.8, 4) is 11.3 Å². The van der Waals surface area contributed by atoms with Gasteiger partial charge in [-0.2, -0.15) is 0 Å². The first-order chi connectivity index (χ1) is 12.6. The summed E-state index contributed by atoms with van der Waals surface area (Å²) in [6.45, 7) is 4.36. The molecule has 0 atom stereocenters. The third kappa shape index (κ3) is 3.85. The summed E-state index contributed by atoms with van der Waals surface area (Å²) in [5, 5.41) is 2.84. The van der Waals surface area contributed by atoms with Gasteiger partial charge in [-0.1, -0.05) is 37.3 Å². The number of nitrogens with two attached hydrogens (primary N) is 1. The number of hydrogen-bond acceptors (Lipinski definition) is 5. The van der Waals surface area contributed by atoms with Gasteiger partial charge in [-0.25, -0.2) is 9.97 Å². The summed E-state index contributed by atoms with van der Waals surface area (Å²) in [4.78, 5) is 25.2. The molecule has 26 heavy (non-hydrogen) atoms. The fraction of sp³-hybridized carbons (Fsp3) is 0.200. The minimum absolute atomic E-state index is 0.0765. The van der Waals surface area contributed by atoms with Crippen LogP contribution in [0.5, 0.6) is 0 Å². The van der Waals surface area contributed by atoms with Gasteiger partial charge in [0.15, 0.2) is 0 Å². The first-order valence-corrected chi connectivity index (χ1v) is 8.50. The number of anilines is 1. The normalized spacial score (nSPS) is 10.5. The summed E-state index contributed by atoms with van der Waals surface area (Å²) in [6.07, 6.45) is 2.57. The number of nitrogens with one attached hydrogen (secondary N) is 1. The number of pyridine rings is 1. The van der Waals surface area contributed by atoms with Gasteiger partial charge in [0.25, 0.3) is 5.91 Å². The van der Waals surface area contributed by atoms with Crippen molar-refractivity contribution in [1.29, 1.82) is 0 Å². The molecule has 0 saturated heterocycles. The van der Waals surface area contributed by atoms with Gasteiger partial charge in [-0.3, -0.25) is 9.78 Å². The fourth-order valence-electron chi connectivity index (χ4n) is 2.76. The zero-order valence-electron chi connectivity index (χ0n) is 14.9. The van der Waals surface area contributed by atoms with E-state index in [-0.39, 0.29) is 17.5 Å². The van der Waals surface area contributed by atoms with E-state index in [4.69, 9.17) is 5.73 Å². The number of carbonyl (C=O) groups excluding carboxylic acids is 1. The van der Waals surface area contributed by atoms with Crippen molar-refractivity contribution in [3.63, 3.8) is 0 Å². The van der Waals surface area contributed by atoms with Gasteiger partial charge in [0.05, 0.1) is 17.9 Å². The fourth-order valence-corrected chi connectivity index (χ4v) is 2.76. The van der Waals surface area contributed by atoms with Crippen LogP contribution in [0.4, 0.5) is 5.95 Å². The quantitative estimate of drug-likeness (QED) is 0.740. The van der Waals surface area contributed by atoms with Crippen molar-refractivity contribution in [1.82, 2.24) is 20.3 Å². The predicted octanol–water partition coefficient (Wildman–Crippen LogP) is 2.92. The number of carbonyl (C=O) groups is 1. The molecule has 132 valence electrons. The first-order valence-electron chi connectivity index (χ1n) is 8.50. The maximum atomic E-state index is 12.5. The summed E-state index contributed by atoms with van der Waals surface area (Å²) in [6, 6.07) is 13.4. The summed E-state index contributed by atoms with van der Waals surface area (Å²) in [7, 11) is 0. The van der Waals surface area contributed by atoms with Crippen LogP contribution in [0.2, 0.25) is 0 Å². The molecule has 0 radical (unpaired) electrons. The molecule has 0 aliphatic heterocycles. The Morgan fingerprint density at radius 3 is 2.73 bits per heavy atom. The molecule has 1 amide bonds. The van der Waals surface area contributed by atoms with E-state index < -0.39 is 0 Å². The Bertz CT molecular complexity index is 939. The number of aromatic nitrogens is 3. The number of benzene rings is 1. The molecule has 2 aromatic heterocycles. The Morgan fingerprint density at radius 2 is 1.96 bits per heavy atom. The second kappa shape index (κ2) is 7.74. The Kier molecular flexibility index (Phi) is 5.22. The zero-order valence-corrected chi connectivity index (χ0v) is 14.9. The molecule has 0 unspecified atom stereocenters. The number of nitrogen functional groups attached to an aromatic ring is 1. The SMILES string of the molecule is CCc1ccccc1-c1cc(C(=O)NCc2ncccc2C)nc(N)n1. The molecule has 3 rings (SSSR count). The van der Waals surface area contributed by atoms with E-state index in [0.29, 0.717) is 12.2 Å².